The number of nitrogen functional groups attached to an aromatic ring is 1. The number of unbranched alkanes of at least 4 members (excludes halogenated alkanes) is 11. The third-order valence-corrected chi connectivity index (χ3v) is 14.6. The van der Waals surface area contributed by atoms with E-state index in [1.807, 2.05) is 6.92 Å². The molecule has 12 atom stereocenters. The Labute approximate surface area is 405 Å². The molecule has 396 valence electrons. The van der Waals surface area contributed by atoms with Crippen molar-refractivity contribution in [1.29, 1.82) is 0 Å². The maximum absolute atomic E-state index is 13.3. The van der Waals surface area contributed by atoms with Gasteiger partial charge < -0.3 is 55.3 Å². The maximum Gasteiger partial charge on any atom is 0.481 e. The number of aromatic nitrogens is 2. The minimum Gasteiger partial charge on any atom is -0.461 e. The molecule has 1 aromatic rings. The number of nitrogens with two attached hydrogens (primary N) is 1. The monoisotopic (exact) mass is 1020 g/mol. The van der Waals surface area contributed by atoms with Crippen molar-refractivity contribution in [3.8, 4) is 0 Å². The number of rotatable bonds is 21. The molecule has 1 fully saturated rings. The molecule has 23 heteroatoms. The fourth-order valence-corrected chi connectivity index (χ4v) is 10.2. The van der Waals surface area contributed by atoms with Crippen LogP contribution in [0.1, 0.15) is 149 Å². The van der Waals surface area contributed by atoms with Gasteiger partial charge in [-0.2, -0.15) is 9.29 Å². The van der Waals surface area contributed by atoms with E-state index in [0.717, 1.165) is 61.6 Å². The van der Waals surface area contributed by atoms with Crippen molar-refractivity contribution in [2.24, 2.45) is 17.8 Å². The Balaban J connectivity index is 1.85. The van der Waals surface area contributed by atoms with E-state index in [4.69, 9.17) is 29.0 Å². The van der Waals surface area contributed by atoms with Gasteiger partial charge in [0.15, 0.2) is 6.10 Å². The summed E-state index contributed by atoms with van der Waals surface area (Å²) in [5, 5.41) is 57.2. The Bertz CT molecular complexity index is 1890. The second-order valence-corrected chi connectivity index (χ2v) is 21.5. The molecular formula is C46H79N3O18P2. The number of ether oxygens (including phenoxy) is 3. The van der Waals surface area contributed by atoms with Crippen LogP contribution in [0.5, 0.6) is 0 Å². The molecule has 69 heavy (non-hydrogen) atoms. The number of esters is 2. The Kier molecular flexibility index (Phi) is 27.6. The van der Waals surface area contributed by atoms with E-state index in [9.17, 15) is 58.8 Å². The fourth-order valence-electron chi connectivity index (χ4n) is 8.10. The highest BCUT2D eigenvalue weighted by molar-refractivity contribution is 7.61. The summed E-state index contributed by atoms with van der Waals surface area (Å²) in [4.78, 5) is 64.1. The number of carbonyl (C=O) groups excluding carboxylic acids is 2. The van der Waals surface area contributed by atoms with Crippen LogP contribution in [0, 0.1) is 17.8 Å². The van der Waals surface area contributed by atoms with E-state index in [1.54, 1.807) is 0 Å². The van der Waals surface area contributed by atoms with Crippen LogP contribution in [0.2, 0.25) is 0 Å². The molecule has 2 aliphatic heterocycles. The predicted octanol–water partition coefficient (Wildman–Crippen LogP) is 5.68. The van der Waals surface area contributed by atoms with Gasteiger partial charge in [-0.3, -0.25) is 23.2 Å². The standard InChI is InChI=1S/C46H79N3O18P2/c1-4-5-14-20-33(50)24-25-35-37(51)28-38(52)36-21-17-18-22-41(53)62-29-34(65-42(54)23-16-13-11-9-7-6-8-10-12-15-19-32(2)3)30-63-68(58,59)67-69(60,61)64-31-39(44(56)43(35)55)66-45(36)49-27-26-40(47)48-46(49)57/h17-18,24-27,32-39,43-45,50-52,55-56H,4-16,19-23,28-31H2,1-3H3,(H,58,59)(H,60,61)(H2,47,48,57)/b18-17-,25-24+/t33-,34-,35+,36-,37-,38+,39-,43+,44-,45-/m1/s1. The zero-order valence-corrected chi connectivity index (χ0v) is 42.1. The lowest BCUT2D eigenvalue weighted by atomic mass is 9.82. The molecule has 0 saturated carbocycles. The Morgan fingerprint density at radius 2 is 1.49 bits per heavy atom. The number of aliphatic hydroxyl groups excluding tert-OH is 5. The molecule has 0 spiro atoms. The van der Waals surface area contributed by atoms with Gasteiger partial charge in [-0.15, -0.1) is 0 Å². The van der Waals surface area contributed by atoms with Crippen molar-refractivity contribution in [2.75, 3.05) is 25.6 Å². The summed E-state index contributed by atoms with van der Waals surface area (Å²) >= 11 is 0. The number of allylic oxidation sites excluding steroid dienone is 1. The van der Waals surface area contributed by atoms with E-state index in [1.165, 1.54) is 62.5 Å². The summed E-state index contributed by atoms with van der Waals surface area (Å²) in [6.07, 6.45) is 6.36. The van der Waals surface area contributed by atoms with E-state index in [0.29, 0.717) is 19.3 Å². The van der Waals surface area contributed by atoms with E-state index >= 15 is 0 Å². The predicted molar refractivity (Wildman–Crippen MR) is 254 cm³/mol. The smallest absolute Gasteiger partial charge is 0.461 e. The number of hydrogen-bond acceptors (Lipinski definition) is 18. The number of carbonyl (C=O) groups is 2. The molecule has 9 N–H and O–H groups in total. The van der Waals surface area contributed by atoms with Crippen LogP contribution in [0.4, 0.5) is 5.82 Å². The first-order valence-corrected chi connectivity index (χ1v) is 27.5. The highest BCUT2D eigenvalue weighted by atomic mass is 31.3. The van der Waals surface area contributed by atoms with Crippen molar-refractivity contribution >= 4 is 33.4 Å². The van der Waals surface area contributed by atoms with Gasteiger partial charge in [-0.1, -0.05) is 129 Å². The minimum absolute atomic E-state index is 0.0125. The zero-order valence-electron chi connectivity index (χ0n) is 40.4. The molecule has 0 aromatic carbocycles. The quantitative estimate of drug-likeness (QED) is 0.0318. The molecular weight excluding hydrogens is 944 g/mol. The first-order chi connectivity index (χ1) is 32.7. The highest BCUT2D eigenvalue weighted by Crippen LogP contribution is 2.60. The number of anilines is 1. The van der Waals surface area contributed by atoms with Gasteiger partial charge in [0, 0.05) is 30.9 Å². The van der Waals surface area contributed by atoms with E-state index in [2.05, 4.69) is 23.1 Å². The molecule has 1 saturated heterocycles. The largest absolute Gasteiger partial charge is 0.481 e. The number of phosphoric ester groups is 2. The molecule has 2 bridgehead atoms. The summed E-state index contributed by atoms with van der Waals surface area (Å²) in [5.41, 5.74) is 4.73. The molecule has 2 unspecified atom stereocenters. The molecule has 3 rings (SSSR count). The molecule has 0 amide bonds. The van der Waals surface area contributed by atoms with Crippen LogP contribution in [0.25, 0.3) is 0 Å². The number of nitrogens with zero attached hydrogens (tertiary/aromatic N) is 2. The van der Waals surface area contributed by atoms with Crippen molar-refractivity contribution in [3.63, 3.8) is 0 Å². The SMILES string of the molecule is CCCCC[C@@H](O)/C=C/[C@@H]1[C@H](O)[C@H](O)[C@H]2COP(=O)(O)OP(=O)(O)OC[C@H](OC(=O)CCCCCCCCCCCCC(C)C)COC(=O)C/C=C\C[C@@H]([C@H](n3ccc(N)nc3=O)O2)[C@@H](O)C[C@H]1O. The van der Waals surface area contributed by atoms with Crippen molar-refractivity contribution in [3.05, 3.63) is 47.1 Å². The van der Waals surface area contributed by atoms with Crippen LogP contribution in [-0.2, 0) is 46.3 Å². The highest BCUT2D eigenvalue weighted by Gasteiger charge is 2.45. The first-order valence-electron chi connectivity index (χ1n) is 24.5. The maximum atomic E-state index is 13.3. The van der Waals surface area contributed by atoms with Gasteiger partial charge in [-0.05, 0) is 31.2 Å². The van der Waals surface area contributed by atoms with Gasteiger partial charge in [0.05, 0.1) is 44.1 Å². The third kappa shape index (κ3) is 23.5. The minimum atomic E-state index is -5.69. The van der Waals surface area contributed by atoms with Gasteiger partial charge in [0.2, 0.25) is 0 Å². The van der Waals surface area contributed by atoms with Crippen LogP contribution in [0.15, 0.2) is 41.4 Å². The normalized spacial score (nSPS) is 31.3. The van der Waals surface area contributed by atoms with Crippen molar-refractivity contribution in [2.45, 2.75) is 192 Å². The summed E-state index contributed by atoms with van der Waals surface area (Å²) in [7, 11) is -11.3. The second kappa shape index (κ2) is 31.5. The lowest BCUT2D eigenvalue weighted by molar-refractivity contribution is -0.194. The number of aliphatic hydroxyl groups is 5. The van der Waals surface area contributed by atoms with Gasteiger partial charge >= 0.3 is 33.3 Å². The Hall–Kier alpha value is -2.88. The van der Waals surface area contributed by atoms with E-state index < -0.39 is 120 Å². The molecule has 3 heterocycles. The molecule has 21 nitrogen and oxygen atoms in total. The number of phosphoric acid groups is 2. The first kappa shape index (κ1) is 60.4. The van der Waals surface area contributed by atoms with Crippen LogP contribution in [-0.4, -0.2) is 119 Å². The average Bonchev–Trinajstić information content (AvgIpc) is 3.27. The van der Waals surface area contributed by atoms with Crippen LogP contribution in [0.3, 0.4) is 0 Å². The lowest BCUT2D eigenvalue weighted by Crippen LogP contribution is -2.52. The average molecular weight is 1020 g/mol. The molecule has 2 aliphatic rings. The van der Waals surface area contributed by atoms with Gasteiger partial charge in [0.1, 0.15) is 30.9 Å². The molecule has 0 aliphatic carbocycles. The topological polar surface area (TPSA) is 326 Å². The summed E-state index contributed by atoms with van der Waals surface area (Å²) in [6, 6.07) is 1.22. The molecule has 0 radical (unpaired) electrons. The molecule has 1 aromatic heterocycles. The lowest BCUT2D eigenvalue weighted by Gasteiger charge is -2.40. The van der Waals surface area contributed by atoms with Gasteiger partial charge in [-0.25, -0.2) is 13.9 Å². The van der Waals surface area contributed by atoms with Crippen molar-refractivity contribution < 1.29 is 81.6 Å². The number of cyclic esters (lactones) is 1. The van der Waals surface area contributed by atoms with Gasteiger partial charge in [0.25, 0.3) is 0 Å². The van der Waals surface area contributed by atoms with Crippen LogP contribution < -0.4 is 11.4 Å². The second-order valence-electron chi connectivity index (χ2n) is 18.4. The summed E-state index contributed by atoms with van der Waals surface area (Å²) in [6.45, 7) is 3.66. The summed E-state index contributed by atoms with van der Waals surface area (Å²) < 4.78 is 58.6. The number of hydrogen-bond donors (Lipinski definition) is 8. The fraction of sp³-hybridized carbons (Fsp3) is 0.783. The van der Waals surface area contributed by atoms with E-state index in [-0.39, 0.29) is 25.1 Å². The number of fused-ring (bicyclic) bond motifs is 3. The van der Waals surface area contributed by atoms with Crippen LogP contribution >= 0.6 is 15.6 Å². The Morgan fingerprint density at radius 1 is 0.870 bits per heavy atom. The third-order valence-electron chi connectivity index (χ3n) is 12.0. The Morgan fingerprint density at radius 3 is 2.13 bits per heavy atom. The zero-order chi connectivity index (χ0) is 51.0. The summed E-state index contributed by atoms with van der Waals surface area (Å²) in [5.74, 6) is -3.70. The van der Waals surface area contributed by atoms with Crippen molar-refractivity contribution in [1.82, 2.24) is 9.55 Å².